The summed E-state index contributed by atoms with van der Waals surface area (Å²) in [5.41, 5.74) is -1.28. The molecular weight excluding hydrogens is 855 g/mol. The van der Waals surface area contributed by atoms with Crippen molar-refractivity contribution < 1.29 is 51.4 Å². The fourth-order valence-corrected chi connectivity index (χ4v) is 8.96. The summed E-state index contributed by atoms with van der Waals surface area (Å²) in [5, 5.41) is 0. The molecule has 2 saturated heterocycles. The molecule has 3 aromatic carbocycles. The standard InChI is InChI=1S/C44H49N4O15P/c1-26-22-47(42(52)45-40(26)50)38-20-34(60-28(3)49)37(62-38)25-59-64(54,57-6)63-35-21-39(48-23-27(2)41(51)46-43(48)53)61-36(35)24-58-44(29-10-8-7-9-11-29,30-12-16-32(55-4)17-13-30)31-14-18-33(56-5)19-15-31/h7-19,22-23,34-39H,20-21,24-25H2,1-6H3,(H,45,50,52)(H,46,51,53)/t34-,35-,36+,37+,38+,39+,64?/m0/s1. The van der Waals surface area contributed by atoms with Crippen molar-refractivity contribution in [1.29, 1.82) is 0 Å². The van der Waals surface area contributed by atoms with E-state index in [1.54, 1.807) is 14.2 Å². The van der Waals surface area contributed by atoms with Crippen LogP contribution in [0.3, 0.4) is 0 Å². The number of rotatable bonds is 17. The van der Waals surface area contributed by atoms with Gasteiger partial charge in [0.05, 0.1) is 27.4 Å². The van der Waals surface area contributed by atoms with E-state index in [0.29, 0.717) is 22.6 Å². The molecule has 20 heteroatoms. The Morgan fingerprint density at radius 3 is 1.64 bits per heavy atom. The first-order valence-corrected chi connectivity index (χ1v) is 21.7. The third-order valence-corrected chi connectivity index (χ3v) is 12.6. The van der Waals surface area contributed by atoms with Gasteiger partial charge in [-0.25, -0.2) is 14.2 Å². The van der Waals surface area contributed by atoms with Crippen LogP contribution in [0.25, 0.3) is 0 Å². The number of nitrogens with one attached hydrogen (secondary N) is 2. The Kier molecular flexibility index (Phi) is 14.0. The number of hydrogen-bond donors (Lipinski definition) is 2. The summed E-state index contributed by atoms with van der Waals surface area (Å²) in [4.78, 5) is 67.0. The summed E-state index contributed by atoms with van der Waals surface area (Å²) in [6.45, 7) is 3.53. The molecule has 19 nitrogen and oxygen atoms in total. The molecule has 7 atom stereocenters. The number of benzene rings is 3. The molecule has 7 rings (SSSR count). The van der Waals surface area contributed by atoms with E-state index >= 15 is 0 Å². The smallest absolute Gasteiger partial charge is 0.474 e. The van der Waals surface area contributed by atoms with E-state index < -0.39 is 85.4 Å². The average Bonchev–Trinajstić information content (AvgIpc) is 3.88. The van der Waals surface area contributed by atoms with Crippen LogP contribution in [0.4, 0.5) is 0 Å². The highest BCUT2D eigenvalue weighted by Crippen LogP contribution is 2.53. The average molecular weight is 905 g/mol. The first kappa shape index (κ1) is 46.1. The van der Waals surface area contributed by atoms with Crippen LogP contribution in [-0.4, -0.2) is 84.0 Å². The highest BCUT2D eigenvalue weighted by molar-refractivity contribution is 7.48. The van der Waals surface area contributed by atoms with E-state index in [0.717, 1.165) is 17.2 Å². The van der Waals surface area contributed by atoms with Crippen LogP contribution in [0, 0.1) is 13.8 Å². The van der Waals surface area contributed by atoms with Crippen molar-refractivity contribution >= 4 is 13.8 Å². The number of carbonyl (C=O) groups excluding carboxylic acids is 1. The molecular formula is C44H49N4O15P. The lowest BCUT2D eigenvalue weighted by Crippen LogP contribution is -2.38. The monoisotopic (exact) mass is 904 g/mol. The van der Waals surface area contributed by atoms with Gasteiger partial charge in [-0.05, 0) is 54.8 Å². The Morgan fingerprint density at radius 1 is 0.703 bits per heavy atom. The Hall–Kier alpha value is -5.92. The first-order chi connectivity index (χ1) is 30.7. The van der Waals surface area contributed by atoms with Crippen LogP contribution in [0.5, 0.6) is 11.5 Å². The lowest BCUT2D eigenvalue weighted by Gasteiger charge is -2.37. The fraction of sp³-hybridized carbons (Fsp3) is 0.386. The number of phosphoric acid groups is 1. The number of hydrogen-bond acceptors (Lipinski definition) is 15. The van der Waals surface area contributed by atoms with Gasteiger partial charge in [0.15, 0.2) is 0 Å². The number of methoxy groups -OCH3 is 2. The van der Waals surface area contributed by atoms with Crippen LogP contribution < -0.4 is 32.0 Å². The third-order valence-electron chi connectivity index (χ3n) is 11.1. The van der Waals surface area contributed by atoms with Gasteiger partial charge in [-0.15, -0.1) is 0 Å². The molecule has 64 heavy (non-hydrogen) atoms. The molecule has 2 aliphatic rings. The maximum atomic E-state index is 14.5. The topological polar surface area (TPSA) is 227 Å². The van der Waals surface area contributed by atoms with Crippen molar-refractivity contribution in [2.75, 3.05) is 34.5 Å². The number of aromatic nitrogens is 4. The summed E-state index contributed by atoms with van der Waals surface area (Å²) in [7, 11) is -0.309. The van der Waals surface area contributed by atoms with Crippen LogP contribution in [0.15, 0.2) is 110 Å². The van der Waals surface area contributed by atoms with Crippen molar-refractivity contribution in [3.63, 3.8) is 0 Å². The Morgan fingerprint density at radius 2 is 1.17 bits per heavy atom. The van der Waals surface area contributed by atoms with Gasteiger partial charge in [0.1, 0.15) is 54.0 Å². The SMILES string of the molecule is COc1ccc(C(OC[C@H]2O[C@@H](n3cc(C)c(=O)[nH]c3=O)C[C@@H]2OP(=O)(OC)OC[C@H]2O[C@@H](n3cc(C)c(=O)[nH]c3=O)C[C@@H]2OC(C)=O)(c2ccccc2)c2ccc(OC)cc2)cc1. The largest absolute Gasteiger partial charge is 0.497 e. The minimum absolute atomic E-state index is 0.00636. The van der Waals surface area contributed by atoms with E-state index in [1.807, 2.05) is 78.9 Å². The van der Waals surface area contributed by atoms with Gasteiger partial charge in [-0.1, -0.05) is 54.6 Å². The quantitative estimate of drug-likeness (QED) is 0.0750. The van der Waals surface area contributed by atoms with Crippen molar-refractivity contribution in [1.82, 2.24) is 19.1 Å². The molecule has 0 bridgehead atoms. The molecule has 1 unspecified atom stereocenters. The maximum absolute atomic E-state index is 14.5. The van der Waals surface area contributed by atoms with E-state index in [2.05, 4.69) is 9.97 Å². The summed E-state index contributed by atoms with van der Waals surface area (Å²) >= 11 is 0. The van der Waals surface area contributed by atoms with Gasteiger partial charge in [0, 0.05) is 50.4 Å². The predicted octanol–water partition coefficient (Wildman–Crippen LogP) is 4.39. The Bertz CT molecular complexity index is 2670. The zero-order valence-corrected chi connectivity index (χ0v) is 36.8. The lowest BCUT2D eigenvalue weighted by molar-refractivity contribution is -0.150. The van der Waals surface area contributed by atoms with E-state index in [1.165, 1.54) is 37.7 Å². The molecule has 2 aliphatic heterocycles. The number of nitrogens with zero attached hydrogens (tertiary/aromatic N) is 2. The van der Waals surface area contributed by atoms with Gasteiger partial charge in [-0.2, -0.15) is 0 Å². The molecule has 0 amide bonds. The van der Waals surface area contributed by atoms with Gasteiger partial charge >= 0.3 is 25.2 Å². The molecule has 2 fully saturated rings. The van der Waals surface area contributed by atoms with Crippen molar-refractivity contribution in [3.05, 3.63) is 161 Å². The number of phosphoric ester groups is 1. The van der Waals surface area contributed by atoms with Crippen molar-refractivity contribution in [2.24, 2.45) is 0 Å². The molecule has 340 valence electrons. The second-order valence-corrected chi connectivity index (χ2v) is 16.9. The number of aromatic amines is 2. The van der Waals surface area contributed by atoms with Crippen LogP contribution in [-0.2, 0) is 47.5 Å². The molecule has 0 radical (unpaired) electrons. The molecule has 2 N–H and O–H groups in total. The fourth-order valence-electron chi connectivity index (χ4n) is 7.83. The van der Waals surface area contributed by atoms with Gasteiger partial charge in [0.2, 0.25) is 0 Å². The minimum atomic E-state index is -4.56. The molecule has 5 aromatic rings. The van der Waals surface area contributed by atoms with Crippen molar-refractivity contribution in [2.45, 2.75) is 76.1 Å². The predicted molar refractivity (Wildman–Crippen MR) is 228 cm³/mol. The summed E-state index contributed by atoms with van der Waals surface area (Å²) in [6.07, 6.45) is -3.70. The van der Waals surface area contributed by atoms with E-state index in [9.17, 15) is 28.5 Å². The zero-order valence-electron chi connectivity index (χ0n) is 35.9. The number of carbonyl (C=O) groups is 1. The normalized spacial score (nSPS) is 21.9. The third kappa shape index (κ3) is 9.75. The van der Waals surface area contributed by atoms with Gasteiger partial charge in [0.25, 0.3) is 11.1 Å². The number of ether oxygens (including phenoxy) is 6. The highest BCUT2D eigenvalue weighted by atomic mass is 31.2. The number of esters is 1. The summed E-state index contributed by atoms with van der Waals surface area (Å²) < 4.78 is 70.5. The molecule has 0 aliphatic carbocycles. The Labute approximate surface area is 366 Å². The second kappa shape index (κ2) is 19.4. The first-order valence-electron chi connectivity index (χ1n) is 20.3. The van der Waals surface area contributed by atoms with Gasteiger partial charge < -0.3 is 28.4 Å². The van der Waals surface area contributed by atoms with Crippen LogP contribution in [0.2, 0.25) is 0 Å². The molecule has 2 aromatic heterocycles. The van der Waals surface area contributed by atoms with Crippen LogP contribution >= 0.6 is 7.82 Å². The zero-order chi connectivity index (χ0) is 45.8. The van der Waals surface area contributed by atoms with Crippen LogP contribution in [0.1, 0.15) is 60.0 Å². The van der Waals surface area contributed by atoms with E-state index in [4.69, 9.17) is 42.0 Å². The minimum Gasteiger partial charge on any atom is -0.497 e. The molecule has 0 saturated carbocycles. The van der Waals surface area contributed by atoms with E-state index in [-0.39, 0.29) is 30.6 Å². The molecule has 0 spiro atoms. The second-order valence-electron chi connectivity index (χ2n) is 15.2. The number of H-pyrrole nitrogens is 2. The highest BCUT2D eigenvalue weighted by Gasteiger charge is 2.47. The Balaban J connectivity index is 1.22. The molecule has 4 heterocycles. The number of aryl methyl sites for hydroxylation is 2. The lowest BCUT2D eigenvalue weighted by atomic mass is 9.80. The summed E-state index contributed by atoms with van der Waals surface area (Å²) in [5.74, 6) is 0.591. The maximum Gasteiger partial charge on any atom is 0.474 e. The van der Waals surface area contributed by atoms with Gasteiger partial charge in [-0.3, -0.25) is 47.1 Å². The summed E-state index contributed by atoms with van der Waals surface area (Å²) in [6, 6.07) is 24.3. The van der Waals surface area contributed by atoms with Crippen molar-refractivity contribution in [3.8, 4) is 11.5 Å².